The summed E-state index contributed by atoms with van der Waals surface area (Å²) in [6, 6.07) is 1.84. The highest BCUT2D eigenvalue weighted by atomic mass is 32.1. The predicted octanol–water partition coefficient (Wildman–Crippen LogP) is 0.558. The van der Waals surface area contributed by atoms with Crippen LogP contribution in [0.3, 0.4) is 0 Å². The van der Waals surface area contributed by atoms with E-state index in [-0.39, 0.29) is 5.56 Å². The van der Waals surface area contributed by atoms with Gasteiger partial charge in [0.2, 0.25) is 5.95 Å². The largest absolute Gasteiger partial charge is 0.330 e. The third-order valence-electron chi connectivity index (χ3n) is 5.60. The number of hydrogen-bond donors (Lipinski definition) is 2. The lowest BCUT2D eigenvalue weighted by Gasteiger charge is -2.31. The summed E-state index contributed by atoms with van der Waals surface area (Å²) >= 11 is 1.72. The molecule has 0 unspecified atom stereocenters. The van der Waals surface area contributed by atoms with Crippen LogP contribution in [0, 0.1) is 0 Å². The van der Waals surface area contributed by atoms with E-state index >= 15 is 0 Å². The highest BCUT2D eigenvalue weighted by molar-refractivity contribution is 7.18. The molecule has 1 aliphatic carbocycles. The Balaban J connectivity index is 1.32. The maximum Gasteiger partial charge on any atom is 0.260 e. The van der Waals surface area contributed by atoms with Gasteiger partial charge in [-0.05, 0) is 37.3 Å². The monoisotopic (exact) mass is 383 g/mol. The van der Waals surface area contributed by atoms with Gasteiger partial charge < -0.3 is 14.8 Å². The first-order chi connectivity index (χ1) is 13.3. The van der Waals surface area contributed by atoms with E-state index in [4.69, 9.17) is 4.98 Å². The van der Waals surface area contributed by atoms with E-state index in [1.807, 2.05) is 6.07 Å². The number of aromatic amines is 1. The average molecular weight is 384 g/mol. The number of aryl methyl sites for hydroxylation is 2. The van der Waals surface area contributed by atoms with Crippen LogP contribution in [-0.2, 0) is 19.4 Å². The van der Waals surface area contributed by atoms with E-state index in [0.717, 1.165) is 67.6 Å². The summed E-state index contributed by atoms with van der Waals surface area (Å²) in [6.45, 7) is 4.57. The molecule has 8 heteroatoms. The van der Waals surface area contributed by atoms with Gasteiger partial charge in [0.15, 0.2) is 5.82 Å². The van der Waals surface area contributed by atoms with E-state index < -0.39 is 0 Å². The molecule has 2 aliphatic rings. The number of H-pyrrole nitrogens is 1. The number of rotatable bonds is 3. The van der Waals surface area contributed by atoms with Crippen molar-refractivity contribution in [1.82, 2.24) is 19.9 Å². The molecular weight excluding hydrogens is 360 g/mol. The van der Waals surface area contributed by atoms with Crippen molar-refractivity contribution in [3.8, 4) is 0 Å². The molecule has 4 heterocycles. The number of quaternary nitrogens is 1. The Bertz CT molecular complexity index is 1010. The van der Waals surface area contributed by atoms with Gasteiger partial charge in [0.1, 0.15) is 11.4 Å². The van der Waals surface area contributed by atoms with Crippen molar-refractivity contribution in [2.45, 2.75) is 32.2 Å². The molecule has 1 aliphatic heterocycles. The van der Waals surface area contributed by atoms with E-state index in [0.29, 0.717) is 0 Å². The molecule has 7 nitrogen and oxygen atoms in total. The SMILES string of the molecule is O=c1[nH]c(C[NH+]2CCN(c3ncccn3)CC2)nc2sc3c(c12)CCCC3. The quantitative estimate of drug-likeness (QED) is 0.691. The van der Waals surface area contributed by atoms with Gasteiger partial charge in [-0.3, -0.25) is 4.79 Å². The Morgan fingerprint density at radius 3 is 2.74 bits per heavy atom. The molecule has 3 aromatic rings. The van der Waals surface area contributed by atoms with Gasteiger partial charge in [0.25, 0.3) is 5.56 Å². The predicted molar refractivity (Wildman–Crippen MR) is 106 cm³/mol. The number of hydrogen-bond acceptors (Lipinski definition) is 6. The summed E-state index contributed by atoms with van der Waals surface area (Å²) in [6.07, 6.45) is 8.09. The lowest BCUT2D eigenvalue weighted by Crippen LogP contribution is -3.13. The van der Waals surface area contributed by atoms with Gasteiger partial charge >= 0.3 is 0 Å². The van der Waals surface area contributed by atoms with Crippen LogP contribution in [0.25, 0.3) is 10.2 Å². The molecule has 0 saturated carbocycles. The minimum atomic E-state index is 0.0464. The van der Waals surface area contributed by atoms with Gasteiger partial charge in [0, 0.05) is 17.3 Å². The number of nitrogens with one attached hydrogen (secondary N) is 2. The molecule has 0 amide bonds. The number of nitrogens with zero attached hydrogens (tertiary/aromatic N) is 4. The van der Waals surface area contributed by atoms with Crippen molar-refractivity contribution in [3.05, 3.63) is 45.1 Å². The van der Waals surface area contributed by atoms with Crippen LogP contribution < -0.4 is 15.4 Å². The van der Waals surface area contributed by atoms with Crippen molar-refractivity contribution in [2.75, 3.05) is 31.1 Å². The average Bonchev–Trinajstić information content (AvgIpc) is 3.08. The van der Waals surface area contributed by atoms with Crippen LogP contribution in [-0.4, -0.2) is 46.1 Å². The normalized spacial score (nSPS) is 18.0. The molecule has 0 atom stereocenters. The second-order valence-electron chi connectivity index (χ2n) is 7.37. The first kappa shape index (κ1) is 16.8. The third kappa shape index (κ3) is 3.23. The van der Waals surface area contributed by atoms with Crippen molar-refractivity contribution < 1.29 is 4.90 Å². The van der Waals surface area contributed by atoms with E-state index in [1.54, 1.807) is 23.7 Å². The molecule has 5 rings (SSSR count). The summed E-state index contributed by atoms with van der Waals surface area (Å²) in [5.41, 5.74) is 1.30. The maximum absolute atomic E-state index is 12.7. The summed E-state index contributed by atoms with van der Waals surface area (Å²) in [7, 11) is 0. The minimum absolute atomic E-state index is 0.0464. The van der Waals surface area contributed by atoms with Crippen LogP contribution in [0.2, 0.25) is 0 Å². The number of aromatic nitrogens is 4. The summed E-state index contributed by atoms with van der Waals surface area (Å²) in [5.74, 6) is 1.61. The zero-order chi connectivity index (χ0) is 18.2. The van der Waals surface area contributed by atoms with E-state index in [9.17, 15) is 4.79 Å². The fraction of sp³-hybridized carbons (Fsp3) is 0.474. The molecule has 0 radical (unpaired) electrons. The standard InChI is InChI=1S/C19H22N6OS/c26-17-16-13-4-1-2-5-14(13)27-18(16)23-15(22-17)12-24-8-10-25(11-9-24)19-20-6-3-7-21-19/h3,6-7H,1-2,4-5,8-12H2,(H,22,23,26)/p+1. The molecule has 1 fully saturated rings. The Labute approximate surface area is 161 Å². The Kier molecular flexibility index (Phi) is 4.37. The van der Waals surface area contributed by atoms with Crippen LogP contribution in [0.1, 0.15) is 29.1 Å². The third-order valence-corrected chi connectivity index (χ3v) is 6.78. The van der Waals surface area contributed by atoms with Crippen molar-refractivity contribution in [1.29, 1.82) is 0 Å². The number of piperazine rings is 1. The van der Waals surface area contributed by atoms with Crippen LogP contribution in [0.5, 0.6) is 0 Å². The van der Waals surface area contributed by atoms with Crippen molar-refractivity contribution >= 4 is 27.5 Å². The minimum Gasteiger partial charge on any atom is -0.330 e. The Morgan fingerprint density at radius 1 is 1.15 bits per heavy atom. The topological polar surface area (TPSA) is 79.2 Å². The molecule has 140 valence electrons. The summed E-state index contributed by atoms with van der Waals surface area (Å²) in [4.78, 5) is 35.2. The molecule has 2 N–H and O–H groups in total. The van der Waals surface area contributed by atoms with Gasteiger partial charge in [-0.2, -0.15) is 0 Å². The first-order valence-electron chi connectivity index (χ1n) is 9.67. The van der Waals surface area contributed by atoms with Crippen molar-refractivity contribution in [2.24, 2.45) is 0 Å². The molecular formula is C19H23N6OS+. The number of thiophene rings is 1. The molecule has 3 aromatic heterocycles. The lowest BCUT2D eigenvalue weighted by molar-refractivity contribution is -0.915. The second kappa shape index (κ2) is 7.01. The molecule has 0 aromatic carbocycles. The zero-order valence-electron chi connectivity index (χ0n) is 15.2. The fourth-order valence-corrected chi connectivity index (χ4v) is 5.46. The van der Waals surface area contributed by atoms with Gasteiger partial charge in [-0.25, -0.2) is 15.0 Å². The second-order valence-corrected chi connectivity index (χ2v) is 8.45. The van der Waals surface area contributed by atoms with Crippen LogP contribution in [0.4, 0.5) is 5.95 Å². The van der Waals surface area contributed by atoms with Gasteiger partial charge in [0.05, 0.1) is 31.6 Å². The summed E-state index contributed by atoms with van der Waals surface area (Å²) in [5, 5.41) is 0.847. The van der Waals surface area contributed by atoms with Crippen molar-refractivity contribution in [3.63, 3.8) is 0 Å². The first-order valence-corrected chi connectivity index (χ1v) is 10.5. The summed E-state index contributed by atoms with van der Waals surface area (Å²) < 4.78 is 0. The van der Waals surface area contributed by atoms with Crippen LogP contribution in [0.15, 0.2) is 23.3 Å². The molecule has 0 spiro atoms. The smallest absolute Gasteiger partial charge is 0.260 e. The molecule has 27 heavy (non-hydrogen) atoms. The van der Waals surface area contributed by atoms with Crippen LogP contribution >= 0.6 is 11.3 Å². The number of fused-ring (bicyclic) bond motifs is 3. The van der Waals surface area contributed by atoms with E-state index in [2.05, 4.69) is 19.9 Å². The van der Waals surface area contributed by atoms with Gasteiger partial charge in [-0.1, -0.05) is 0 Å². The highest BCUT2D eigenvalue weighted by Crippen LogP contribution is 2.33. The van der Waals surface area contributed by atoms with E-state index in [1.165, 1.54) is 28.2 Å². The highest BCUT2D eigenvalue weighted by Gasteiger charge is 2.24. The molecule has 0 bridgehead atoms. The maximum atomic E-state index is 12.7. The Morgan fingerprint density at radius 2 is 1.93 bits per heavy atom. The zero-order valence-corrected chi connectivity index (χ0v) is 16.0. The number of anilines is 1. The van der Waals surface area contributed by atoms with Gasteiger partial charge in [-0.15, -0.1) is 11.3 Å². The Hall–Kier alpha value is -2.32. The molecule has 1 saturated heterocycles. The lowest BCUT2D eigenvalue weighted by atomic mass is 9.97. The fourth-order valence-electron chi connectivity index (χ4n) is 4.18.